The minimum Gasteiger partial charge on any atom is -0.493 e. The van der Waals surface area contributed by atoms with E-state index in [2.05, 4.69) is 27.4 Å². The van der Waals surface area contributed by atoms with E-state index in [4.69, 9.17) is 32.7 Å². The molecule has 0 unspecified atom stereocenters. The molecule has 1 aromatic heterocycles. The summed E-state index contributed by atoms with van der Waals surface area (Å²) in [6.07, 6.45) is 4.76. The van der Waals surface area contributed by atoms with E-state index in [9.17, 15) is 9.59 Å². The zero-order chi connectivity index (χ0) is 26.8. The second-order valence-corrected chi connectivity index (χ2v) is 9.21. The van der Waals surface area contributed by atoms with Crippen LogP contribution in [0.3, 0.4) is 0 Å². The Morgan fingerprint density at radius 2 is 1.89 bits per heavy atom. The van der Waals surface area contributed by atoms with Crippen molar-refractivity contribution in [2.75, 3.05) is 25.3 Å². The number of amides is 2. The van der Waals surface area contributed by atoms with Gasteiger partial charge in [0.25, 0.3) is 0 Å². The van der Waals surface area contributed by atoms with Crippen molar-refractivity contribution in [2.45, 2.75) is 18.2 Å². The van der Waals surface area contributed by atoms with Crippen molar-refractivity contribution in [3.8, 4) is 11.5 Å². The van der Waals surface area contributed by atoms with Crippen LogP contribution in [0.2, 0.25) is 10.0 Å². The smallest absolute Gasteiger partial charge is 0.244 e. The molecular formula is C25H25Cl2N5O4S. The molecule has 194 valence electrons. The second kappa shape index (κ2) is 13.7. The number of methoxy groups -OCH3 is 2. The number of nitrogens with zero attached hydrogens (tertiary/aromatic N) is 3. The zero-order valence-corrected chi connectivity index (χ0v) is 22.5. The molecule has 0 radical (unpaired) electrons. The number of ether oxygens (including phenoxy) is 2. The van der Waals surface area contributed by atoms with Crippen molar-refractivity contribution in [3.63, 3.8) is 0 Å². The summed E-state index contributed by atoms with van der Waals surface area (Å²) in [7, 11) is 3.10. The van der Waals surface area contributed by atoms with Gasteiger partial charge in [-0.25, -0.2) is 0 Å². The minimum absolute atomic E-state index is 0.0780. The summed E-state index contributed by atoms with van der Waals surface area (Å²) in [5, 5.41) is 15.2. The standard InChI is InChI=1S/C25H25Cl2N5O4S/c1-4-11-32-22(14-28-23(33)10-6-16-5-9-20(35-2)21(12-16)36-3)30-31-25(32)37-15-24(34)29-19-8-7-17(26)13-18(19)27/h4-10,12-13H,1,11,14-15H2,2-3H3,(H,28,33)(H,29,34). The lowest BCUT2D eigenvalue weighted by atomic mass is 10.2. The highest BCUT2D eigenvalue weighted by Crippen LogP contribution is 2.28. The molecule has 0 aliphatic carbocycles. The van der Waals surface area contributed by atoms with Crippen molar-refractivity contribution < 1.29 is 19.1 Å². The summed E-state index contributed by atoms with van der Waals surface area (Å²) >= 11 is 13.2. The van der Waals surface area contributed by atoms with Gasteiger partial charge in [0.2, 0.25) is 11.8 Å². The van der Waals surface area contributed by atoms with Crippen LogP contribution in [0.4, 0.5) is 5.69 Å². The Hall–Kier alpha value is -3.47. The Balaban J connectivity index is 1.58. The highest BCUT2D eigenvalue weighted by atomic mass is 35.5. The Kier molecular flexibility index (Phi) is 10.4. The second-order valence-electron chi connectivity index (χ2n) is 7.42. The van der Waals surface area contributed by atoms with Crippen LogP contribution in [-0.2, 0) is 22.7 Å². The maximum atomic E-state index is 12.4. The molecular weight excluding hydrogens is 537 g/mol. The van der Waals surface area contributed by atoms with Crippen molar-refractivity contribution in [1.29, 1.82) is 0 Å². The first-order chi connectivity index (χ1) is 17.8. The average molecular weight is 562 g/mol. The summed E-state index contributed by atoms with van der Waals surface area (Å²) in [5.41, 5.74) is 1.24. The Morgan fingerprint density at radius 1 is 1.11 bits per heavy atom. The molecule has 37 heavy (non-hydrogen) atoms. The largest absolute Gasteiger partial charge is 0.493 e. The Labute approximate surface area is 228 Å². The molecule has 2 N–H and O–H groups in total. The summed E-state index contributed by atoms with van der Waals surface area (Å²) in [6, 6.07) is 10.2. The number of carbonyl (C=O) groups is 2. The molecule has 9 nitrogen and oxygen atoms in total. The first kappa shape index (κ1) is 28.1. The van der Waals surface area contributed by atoms with Crippen LogP contribution in [0.5, 0.6) is 11.5 Å². The zero-order valence-electron chi connectivity index (χ0n) is 20.2. The van der Waals surface area contributed by atoms with Crippen molar-refractivity contribution in [2.24, 2.45) is 0 Å². The molecule has 2 aromatic carbocycles. The van der Waals surface area contributed by atoms with E-state index in [0.717, 1.165) is 5.56 Å². The number of aromatic nitrogens is 3. The van der Waals surface area contributed by atoms with Crippen LogP contribution in [0.25, 0.3) is 6.08 Å². The van der Waals surface area contributed by atoms with Crippen molar-refractivity contribution in [1.82, 2.24) is 20.1 Å². The van der Waals surface area contributed by atoms with Gasteiger partial charge in [-0.15, -0.1) is 16.8 Å². The van der Waals surface area contributed by atoms with Gasteiger partial charge in [-0.05, 0) is 42.0 Å². The van der Waals surface area contributed by atoms with Gasteiger partial charge in [0, 0.05) is 17.6 Å². The predicted molar refractivity (Wildman–Crippen MR) is 146 cm³/mol. The topological polar surface area (TPSA) is 107 Å². The lowest BCUT2D eigenvalue weighted by Gasteiger charge is -2.09. The van der Waals surface area contributed by atoms with E-state index in [-0.39, 0.29) is 24.1 Å². The fourth-order valence-electron chi connectivity index (χ4n) is 3.13. The van der Waals surface area contributed by atoms with E-state index in [1.165, 1.54) is 17.8 Å². The van der Waals surface area contributed by atoms with Gasteiger partial charge in [0.15, 0.2) is 22.5 Å². The highest BCUT2D eigenvalue weighted by molar-refractivity contribution is 7.99. The number of carbonyl (C=O) groups excluding carboxylic acids is 2. The van der Waals surface area contributed by atoms with Gasteiger partial charge in [-0.2, -0.15) is 0 Å². The van der Waals surface area contributed by atoms with Crippen LogP contribution < -0.4 is 20.1 Å². The number of allylic oxidation sites excluding steroid dienone is 1. The molecule has 0 spiro atoms. The average Bonchev–Trinajstić information content (AvgIpc) is 3.27. The third-order valence-corrected chi connectivity index (χ3v) is 6.41. The van der Waals surface area contributed by atoms with E-state index in [1.54, 1.807) is 61.3 Å². The molecule has 0 aliphatic rings. The number of hydrogen-bond acceptors (Lipinski definition) is 7. The SMILES string of the molecule is C=CCn1c(CNC(=O)C=Cc2ccc(OC)c(OC)c2)nnc1SCC(=O)Nc1ccc(Cl)cc1Cl. The summed E-state index contributed by atoms with van der Waals surface area (Å²) in [6.45, 7) is 4.31. The summed E-state index contributed by atoms with van der Waals surface area (Å²) in [4.78, 5) is 24.8. The number of halogens is 2. The molecule has 0 atom stereocenters. The van der Waals surface area contributed by atoms with Gasteiger partial charge >= 0.3 is 0 Å². The maximum Gasteiger partial charge on any atom is 0.244 e. The molecule has 0 aliphatic heterocycles. The van der Waals surface area contributed by atoms with E-state index < -0.39 is 0 Å². The third-order valence-electron chi connectivity index (χ3n) is 4.90. The van der Waals surface area contributed by atoms with Gasteiger partial charge in [0.05, 0.1) is 37.2 Å². The Bertz CT molecular complexity index is 1310. The van der Waals surface area contributed by atoms with Crippen LogP contribution in [0.15, 0.2) is 60.3 Å². The van der Waals surface area contributed by atoms with Crippen LogP contribution in [0, 0.1) is 0 Å². The monoisotopic (exact) mass is 561 g/mol. The fourth-order valence-corrected chi connectivity index (χ4v) is 4.35. The normalized spacial score (nSPS) is 10.8. The van der Waals surface area contributed by atoms with Gasteiger partial charge in [-0.1, -0.05) is 47.1 Å². The minimum atomic E-state index is -0.309. The number of anilines is 1. The maximum absolute atomic E-state index is 12.4. The quantitative estimate of drug-likeness (QED) is 0.185. The fraction of sp³-hybridized carbons (Fsp3) is 0.200. The van der Waals surface area contributed by atoms with Crippen LogP contribution in [-0.4, -0.2) is 46.6 Å². The van der Waals surface area contributed by atoms with Gasteiger partial charge < -0.3 is 24.7 Å². The molecule has 2 amide bonds. The van der Waals surface area contributed by atoms with E-state index >= 15 is 0 Å². The van der Waals surface area contributed by atoms with Crippen molar-refractivity contribution in [3.05, 3.63) is 76.6 Å². The molecule has 0 bridgehead atoms. The number of nitrogens with one attached hydrogen (secondary N) is 2. The number of thioether (sulfide) groups is 1. The molecule has 1 heterocycles. The lowest BCUT2D eigenvalue weighted by Crippen LogP contribution is -2.23. The number of hydrogen-bond donors (Lipinski definition) is 2. The first-order valence-electron chi connectivity index (χ1n) is 10.9. The molecule has 0 saturated heterocycles. The van der Waals surface area contributed by atoms with E-state index in [0.29, 0.717) is 44.8 Å². The molecule has 3 rings (SSSR count). The summed E-state index contributed by atoms with van der Waals surface area (Å²) < 4.78 is 12.3. The molecule has 0 fully saturated rings. The van der Waals surface area contributed by atoms with Crippen LogP contribution in [0.1, 0.15) is 11.4 Å². The van der Waals surface area contributed by atoms with E-state index in [1.807, 2.05) is 6.07 Å². The van der Waals surface area contributed by atoms with Gasteiger partial charge in [-0.3, -0.25) is 9.59 Å². The van der Waals surface area contributed by atoms with Crippen LogP contribution >= 0.6 is 35.0 Å². The molecule has 0 saturated carbocycles. The first-order valence-corrected chi connectivity index (χ1v) is 12.7. The molecule has 12 heteroatoms. The number of benzene rings is 2. The lowest BCUT2D eigenvalue weighted by molar-refractivity contribution is -0.116. The van der Waals surface area contributed by atoms with Crippen molar-refractivity contribution >= 4 is 58.5 Å². The van der Waals surface area contributed by atoms with Gasteiger partial charge in [0.1, 0.15) is 0 Å². The highest BCUT2D eigenvalue weighted by Gasteiger charge is 2.15. The number of rotatable bonds is 12. The Morgan fingerprint density at radius 3 is 2.59 bits per heavy atom. The molecule has 3 aromatic rings. The summed E-state index contributed by atoms with van der Waals surface area (Å²) in [5.74, 6) is 1.20. The third kappa shape index (κ3) is 8.01. The predicted octanol–water partition coefficient (Wildman–Crippen LogP) is 4.85.